The molecule has 0 N–H and O–H groups in total. The standard InChI is InChI=1S/C52H30O2/c1-2-14-31(15-3-1)47-36-20-8-10-22-38(36)48(39-23-11-9-21-37(39)47)40-26-27-41(35-19-7-6-18-34(35)40)49-33-17-5-4-16-32(33)30-43-51-46(54-52(43)49)29-28-45-50(51)42-24-12-13-25-44(42)53-45/h1-30H. The number of para-hydroxylation sites is 1. The fourth-order valence-electron chi connectivity index (χ4n) is 9.22. The van der Waals surface area contributed by atoms with Crippen molar-refractivity contribution >= 4 is 87.0 Å². The molecular formula is C52H30O2. The number of benzene rings is 10. The van der Waals surface area contributed by atoms with Gasteiger partial charge in [0.05, 0.1) is 0 Å². The van der Waals surface area contributed by atoms with E-state index in [0.29, 0.717) is 0 Å². The number of hydrogen-bond acceptors (Lipinski definition) is 2. The highest BCUT2D eigenvalue weighted by Crippen LogP contribution is 2.49. The van der Waals surface area contributed by atoms with Crippen molar-refractivity contribution in [3.05, 3.63) is 182 Å². The van der Waals surface area contributed by atoms with Gasteiger partial charge < -0.3 is 8.83 Å². The predicted molar refractivity (Wildman–Crippen MR) is 227 cm³/mol. The highest BCUT2D eigenvalue weighted by Gasteiger charge is 2.23. The summed E-state index contributed by atoms with van der Waals surface area (Å²) in [5, 5.41) is 14.1. The monoisotopic (exact) mass is 686 g/mol. The third kappa shape index (κ3) is 4.05. The normalized spacial score (nSPS) is 12.1. The molecule has 10 aromatic carbocycles. The highest BCUT2D eigenvalue weighted by molar-refractivity contribution is 6.30. The van der Waals surface area contributed by atoms with Crippen LogP contribution in [-0.2, 0) is 0 Å². The van der Waals surface area contributed by atoms with E-state index < -0.39 is 0 Å². The highest BCUT2D eigenvalue weighted by atomic mass is 16.3. The molecule has 2 heterocycles. The van der Waals surface area contributed by atoms with Crippen LogP contribution in [0.2, 0.25) is 0 Å². The van der Waals surface area contributed by atoms with Crippen molar-refractivity contribution in [2.75, 3.05) is 0 Å². The van der Waals surface area contributed by atoms with Crippen LogP contribution in [0.3, 0.4) is 0 Å². The van der Waals surface area contributed by atoms with E-state index in [9.17, 15) is 0 Å². The van der Waals surface area contributed by atoms with Crippen LogP contribution >= 0.6 is 0 Å². The summed E-state index contributed by atoms with van der Waals surface area (Å²) in [6.45, 7) is 0. The zero-order valence-corrected chi connectivity index (χ0v) is 29.1. The Morgan fingerprint density at radius 2 is 0.759 bits per heavy atom. The molecule has 0 bridgehead atoms. The van der Waals surface area contributed by atoms with Gasteiger partial charge in [-0.2, -0.15) is 0 Å². The Balaban J connectivity index is 1.19. The molecule has 0 atom stereocenters. The first kappa shape index (κ1) is 29.4. The first-order chi connectivity index (χ1) is 26.8. The van der Waals surface area contributed by atoms with E-state index in [2.05, 4.69) is 164 Å². The molecule has 0 aliphatic rings. The zero-order chi connectivity index (χ0) is 35.3. The lowest BCUT2D eigenvalue weighted by atomic mass is 9.83. The van der Waals surface area contributed by atoms with Crippen molar-refractivity contribution in [2.45, 2.75) is 0 Å². The molecule has 12 rings (SSSR count). The smallest absolute Gasteiger partial charge is 0.143 e. The third-order valence-corrected chi connectivity index (χ3v) is 11.4. The van der Waals surface area contributed by atoms with E-state index in [-0.39, 0.29) is 0 Å². The molecule has 250 valence electrons. The number of furan rings is 2. The van der Waals surface area contributed by atoms with Crippen LogP contribution < -0.4 is 0 Å². The Morgan fingerprint density at radius 3 is 1.43 bits per heavy atom. The second kappa shape index (κ2) is 11.2. The summed E-state index contributed by atoms with van der Waals surface area (Å²) in [5.74, 6) is 0. The van der Waals surface area contributed by atoms with Crippen molar-refractivity contribution in [1.29, 1.82) is 0 Å². The van der Waals surface area contributed by atoms with Crippen molar-refractivity contribution < 1.29 is 8.83 Å². The summed E-state index contributed by atoms with van der Waals surface area (Å²) in [6.07, 6.45) is 0. The van der Waals surface area contributed by atoms with Crippen molar-refractivity contribution in [2.24, 2.45) is 0 Å². The number of fused-ring (bicyclic) bond motifs is 11. The second-order valence-corrected chi connectivity index (χ2v) is 14.3. The van der Waals surface area contributed by atoms with Gasteiger partial charge in [0.2, 0.25) is 0 Å². The maximum Gasteiger partial charge on any atom is 0.143 e. The molecule has 0 saturated carbocycles. The molecule has 12 aromatic rings. The van der Waals surface area contributed by atoms with Crippen molar-refractivity contribution in [1.82, 2.24) is 0 Å². The van der Waals surface area contributed by atoms with Crippen molar-refractivity contribution in [3.63, 3.8) is 0 Å². The second-order valence-electron chi connectivity index (χ2n) is 14.3. The molecule has 0 spiro atoms. The van der Waals surface area contributed by atoms with Crippen LogP contribution in [0, 0.1) is 0 Å². The van der Waals surface area contributed by atoms with E-state index in [0.717, 1.165) is 55.0 Å². The van der Waals surface area contributed by atoms with Gasteiger partial charge in [0.1, 0.15) is 22.3 Å². The lowest BCUT2D eigenvalue weighted by Gasteiger charge is -2.20. The summed E-state index contributed by atoms with van der Waals surface area (Å²) < 4.78 is 13.3. The van der Waals surface area contributed by atoms with Gasteiger partial charge in [-0.1, -0.05) is 158 Å². The lowest BCUT2D eigenvalue weighted by Crippen LogP contribution is -1.93. The van der Waals surface area contributed by atoms with Crippen LogP contribution in [0.1, 0.15) is 0 Å². The average molecular weight is 687 g/mol. The van der Waals surface area contributed by atoms with Crippen molar-refractivity contribution in [3.8, 4) is 33.4 Å². The Hall–Kier alpha value is -7.16. The summed E-state index contributed by atoms with van der Waals surface area (Å²) in [7, 11) is 0. The van der Waals surface area contributed by atoms with Gasteiger partial charge in [-0.05, 0) is 95.2 Å². The summed E-state index contributed by atoms with van der Waals surface area (Å²) >= 11 is 0. The van der Waals surface area contributed by atoms with E-state index in [4.69, 9.17) is 8.83 Å². The van der Waals surface area contributed by atoms with Crippen LogP contribution in [-0.4, -0.2) is 0 Å². The van der Waals surface area contributed by atoms with E-state index in [1.807, 2.05) is 18.2 Å². The Morgan fingerprint density at radius 1 is 0.278 bits per heavy atom. The van der Waals surface area contributed by atoms with Crippen LogP contribution in [0.15, 0.2) is 191 Å². The van der Waals surface area contributed by atoms with E-state index in [1.54, 1.807) is 0 Å². The maximum atomic E-state index is 6.97. The molecule has 2 heteroatoms. The molecule has 0 amide bonds. The minimum absolute atomic E-state index is 0.859. The van der Waals surface area contributed by atoms with Gasteiger partial charge >= 0.3 is 0 Å². The Bertz CT molecular complexity index is 3430. The minimum atomic E-state index is 0.859. The molecule has 2 nitrogen and oxygen atoms in total. The number of hydrogen-bond donors (Lipinski definition) is 0. The fraction of sp³-hybridized carbons (Fsp3) is 0. The molecule has 0 aliphatic heterocycles. The van der Waals surface area contributed by atoms with E-state index in [1.165, 1.54) is 65.3 Å². The molecule has 0 radical (unpaired) electrons. The summed E-state index contributed by atoms with van der Waals surface area (Å²) in [6, 6.07) is 65.5. The molecule has 2 aromatic heterocycles. The quantitative estimate of drug-likeness (QED) is 0.173. The predicted octanol–water partition coefficient (Wildman–Crippen LogP) is 15.1. The van der Waals surface area contributed by atoms with Gasteiger partial charge in [-0.15, -0.1) is 0 Å². The van der Waals surface area contributed by atoms with E-state index >= 15 is 0 Å². The maximum absolute atomic E-state index is 6.97. The molecule has 54 heavy (non-hydrogen) atoms. The first-order valence-corrected chi connectivity index (χ1v) is 18.5. The lowest BCUT2D eigenvalue weighted by molar-refractivity contribution is 0.663. The molecule has 0 saturated heterocycles. The van der Waals surface area contributed by atoms with Crippen LogP contribution in [0.5, 0.6) is 0 Å². The third-order valence-electron chi connectivity index (χ3n) is 11.4. The van der Waals surface area contributed by atoms with Gasteiger partial charge in [0.15, 0.2) is 0 Å². The average Bonchev–Trinajstić information content (AvgIpc) is 3.80. The van der Waals surface area contributed by atoms with Gasteiger partial charge in [0.25, 0.3) is 0 Å². The largest absolute Gasteiger partial charge is 0.456 e. The Kier molecular flexibility index (Phi) is 6.09. The molecule has 0 fully saturated rings. The summed E-state index contributed by atoms with van der Waals surface area (Å²) in [5.41, 5.74) is 10.7. The molecule has 0 aliphatic carbocycles. The fourth-order valence-corrected chi connectivity index (χ4v) is 9.22. The SMILES string of the molecule is c1ccc(-c2c3ccccc3c(-c3ccc(-c4c5ccccc5cc5c4oc4ccc6oc7ccccc7c6c45)c4ccccc34)c3ccccc23)cc1. The van der Waals surface area contributed by atoms with Gasteiger partial charge in [-0.3, -0.25) is 0 Å². The molecular weight excluding hydrogens is 657 g/mol. The Labute approximate surface area is 310 Å². The van der Waals surface area contributed by atoms with Crippen LogP contribution in [0.4, 0.5) is 0 Å². The first-order valence-electron chi connectivity index (χ1n) is 18.5. The van der Waals surface area contributed by atoms with Crippen LogP contribution in [0.25, 0.3) is 120 Å². The van der Waals surface area contributed by atoms with Gasteiger partial charge in [0, 0.05) is 27.1 Å². The summed E-state index contributed by atoms with van der Waals surface area (Å²) in [4.78, 5) is 0. The minimum Gasteiger partial charge on any atom is -0.456 e. The van der Waals surface area contributed by atoms with Gasteiger partial charge in [-0.25, -0.2) is 0 Å². The number of rotatable bonds is 3. The zero-order valence-electron chi connectivity index (χ0n) is 29.1. The molecule has 0 unspecified atom stereocenters. The topological polar surface area (TPSA) is 26.3 Å².